The molecule has 88 valence electrons. The second kappa shape index (κ2) is 4.29. The minimum Gasteiger partial charge on any atom is -0.330 e. The molecule has 1 aliphatic rings. The highest BCUT2D eigenvalue weighted by Gasteiger charge is 2.37. The Bertz CT molecular complexity index is 377. The van der Waals surface area contributed by atoms with Gasteiger partial charge in [-0.2, -0.15) is 4.80 Å². The van der Waals surface area contributed by atoms with Crippen molar-refractivity contribution in [2.24, 2.45) is 18.2 Å². The Morgan fingerprint density at radius 1 is 1.56 bits per heavy atom. The lowest BCUT2D eigenvalue weighted by Gasteiger charge is -2.40. The molecule has 0 radical (unpaired) electrons. The van der Waals surface area contributed by atoms with E-state index in [1.54, 1.807) is 7.05 Å². The molecule has 16 heavy (non-hydrogen) atoms. The number of tetrazole rings is 1. The molecule has 1 saturated carbocycles. The van der Waals surface area contributed by atoms with Gasteiger partial charge in [-0.15, -0.1) is 10.2 Å². The van der Waals surface area contributed by atoms with Crippen LogP contribution in [0.5, 0.6) is 0 Å². The van der Waals surface area contributed by atoms with Gasteiger partial charge in [0.15, 0.2) is 5.82 Å². The summed E-state index contributed by atoms with van der Waals surface area (Å²) in [6.45, 7) is 0.604. The van der Waals surface area contributed by atoms with Crippen molar-refractivity contribution in [2.75, 3.05) is 6.54 Å². The van der Waals surface area contributed by atoms with Crippen molar-refractivity contribution in [2.45, 2.75) is 32.1 Å². The smallest absolute Gasteiger partial charge is 0.182 e. The average molecular weight is 223 g/mol. The third-order valence-electron chi connectivity index (χ3n) is 3.32. The molecule has 2 N–H and O–H groups in total. The van der Waals surface area contributed by atoms with Gasteiger partial charge in [-0.05, 0) is 30.0 Å². The van der Waals surface area contributed by atoms with E-state index in [-0.39, 0.29) is 17.6 Å². The Labute approximate surface area is 94.2 Å². The maximum Gasteiger partial charge on any atom is 0.182 e. The molecule has 0 bridgehead atoms. The van der Waals surface area contributed by atoms with E-state index in [1.807, 2.05) is 0 Å². The predicted molar refractivity (Wildman–Crippen MR) is 57.5 cm³/mol. The van der Waals surface area contributed by atoms with Gasteiger partial charge in [-0.1, -0.05) is 6.42 Å². The number of nitrogens with two attached hydrogens (primary N) is 1. The molecule has 0 spiro atoms. The van der Waals surface area contributed by atoms with Crippen LogP contribution in [-0.4, -0.2) is 32.5 Å². The zero-order chi connectivity index (χ0) is 11.6. The van der Waals surface area contributed by atoms with Crippen LogP contribution in [0.1, 0.15) is 31.5 Å². The Morgan fingerprint density at radius 3 is 2.75 bits per heavy atom. The maximum absolute atomic E-state index is 11.8. The number of carbonyl (C=O) groups is 1. The third-order valence-corrected chi connectivity index (χ3v) is 3.32. The molecular weight excluding hydrogens is 206 g/mol. The summed E-state index contributed by atoms with van der Waals surface area (Å²) in [5, 5.41) is 11.5. The summed E-state index contributed by atoms with van der Waals surface area (Å²) in [4.78, 5) is 13.2. The van der Waals surface area contributed by atoms with Gasteiger partial charge in [0, 0.05) is 6.42 Å². The van der Waals surface area contributed by atoms with Crippen LogP contribution < -0.4 is 5.73 Å². The van der Waals surface area contributed by atoms with E-state index in [4.69, 9.17) is 5.73 Å². The first-order chi connectivity index (χ1) is 7.63. The zero-order valence-corrected chi connectivity index (χ0v) is 9.52. The topological polar surface area (TPSA) is 86.7 Å². The van der Waals surface area contributed by atoms with Crippen molar-refractivity contribution in [3.63, 3.8) is 0 Å². The lowest BCUT2D eigenvalue weighted by atomic mass is 9.66. The van der Waals surface area contributed by atoms with Gasteiger partial charge >= 0.3 is 0 Å². The standard InChI is InChI=1S/C10H17N5O/c1-15-13-9(12-14-15)5-8(16)6-10(7-11)3-2-4-10/h2-7,11H2,1H3. The molecule has 2 rings (SSSR count). The number of Topliss-reactive ketones (excluding diaryl/α,β-unsaturated/α-hetero) is 1. The number of nitrogens with zero attached hydrogens (tertiary/aromatic N) is 4. The Kier molecular flexibility index (Phi) is 3.00. The molecular formula is C10H17N5O. The molecule has 0 unspecified atom stereocenters. The highest BCUT2D eigenvalue weighted by molar-refractivity contribution is 5.80. The van der Waals surface area contributed by atoms with Crippen molar-refractivity contribution in [1.29, 1.82) is 0 Å². The first-order valence-electron chi connectivity index (χ1n) is 5.58. The number of hydrogen-bond donors (Lipinski definition) is 1. The van der Waals surface area contributed by atoms with E-state index in [1.165, 1.54) is 11.2 Å². The van der Waals surface area contributed by atoms with E-state index in [2.05, 4.69) is 15.4 Å². The Hall–Kier alpha value is -1.30. The second-order valence-corrected chi connectivity index (χ2v) is 4.65. The minimum absolute atomic E-state index is 0.0687. The fourth-order valence-corrected chi connectivity index (χ4v) is 2.18. The summed E-state index contributed by atoms with van der Waals surface area (Å²) >= 11 is 0. The summed E-state index contributed by atoms with van der Waals surface area (Å²) in [5.74, 6) is 0.664. The normalized spacial score (nSPS) is 18.1. The van der Waals surface area contributed by atoms with Gasteiger partial charge in [0.05, 0.1) is 13.5 Å². The van der Waals surface area contributed by atoms with Crippen LogP contribution in [-0.2, 0) is 18.3 Å². The van der Waals surface area contributed by atoms with E-state index < -0.39 is 0 Å². The van der Waals surface area contributed by atoms with Crippen molar-refractivity contribution < 1.29 is 4.79 Å². The van der Waals surface area contributed by atoms with Gasteiger partial charge in [-0.25, -0.2) is 0 Å². The predicted octanol–water partition coefficient (Wildman–Crippen LogP) is -0.159. The second-order valence-electron chi connectivity index (χ2n) is 4.65. The van der Waals surface area contributed by atoms with Crippen LogP contribution in [0.3, 0.4) is 0 Å². The number of aryl methyl sites for hydroxylation is 1. The number of aromatic nitrogens is 4. The lowest BCUT2D eigenvalue weighted by molar-refractivity contribution is -0.122. The summed E-state index contributed by atoms with van der Waals surface area (Å²) in [5.41, 5.74) is 5.78. The number of carbonyl (C=O) groups excluding carboxylic acids is 1. The van der Waals surface area contributed by atoms with Crippen LogP contribution in [0.15, 0.2) is 0 Å². The van der Waals surface area contributed by atoms with Crippen LogP contribution in [0.2, 0.25) is 0 Å². The molecule has 6 heteroatoms. The average Bonchev–Trinajstić information content (AvgIpc) is 2.57. The fourth-order valence-electron chi connectivity index (χ4n) is 2.18. The van der Waals surface area contributed by atoms with Gasteiger partial charge < -0.3 is 5.73 Å². The van der Waals surface area contributed by atoms with Crippen LogP contribution >= 0.6 is 0 Å². The quantitative estimate of drug-likeness (QED) is 0.749. The monoisotopic (exact) mass is 223 g/mol. The van der Waals surface area contributed by atoms with Crippen molar-refractivity contribution in [3.8, 4) is 0 Å². The highest BCUT2D eigenvalue weighted by atomic mass is 16.1. The molecule has 0 aliphatic heterocycles. The maximum atomic E-state index is 11.8. The van der Waals surface area contributed by atoms with Gasteiger partial charge in [0.2, 0.25) is 0 Å². The van der Waals surface area contributed by atoms with Gasteiger partial charge in [0.1, 0.15) is 5.78 Å². The molecule has 6 nitrogen and oxygen atoms in total. The van der Waals surface area contributed by atoms with E-state index in [0.29, 0.717) is 18.8 Å². The Morgan fingerprint density at radius 2 is 2.31 bits per heavy atom. The first-order valence-corrected chi connectivity index (χ1v) is 5.58. The van der Waals surface area contributed by atoms with E-state index in [0.717, 1.165) is 12.8 Å². The van der Waals surface area contributed by atoms with Crippen molar-refractivity contribution in [1.82, 2.24) is 20.2 Å². The zero-order valence-electron chi connectivity index (χ0n) is 9.52. The van der Waals surface area contributed by atoms with Gasteiger partial charge in [-0.3, -0.25) is 4.79 Å². The molecule has 0 amide bonds. The fraction of sp³-hybridized carbons (Fsp3) is 0.800. The lowest BCUT2D eigenvalue weighted by Crippen LogP contribution is -2.39. The summed E-state index contributed by atoms with van der Waals surface area (Å²) in [7, 11) is 1.69. The molecule has 1 fully saturated rings. The molecule has 1 aromatic rings. The van der Waals surface area contributed by atoms with Crippen LogP contribution in [0, 0.1) is 5.41 Å². The van der Waals surface area contributed by atoms with Crippen LogP contribution in [0.25, 0.3) is 0 Å². The molecule has 0 saturated heterocycles. The molecule has 0 aromatic carbocycles. The largest absolute Gasteiger partial charge is 0.330 e. The van der Waals surface area contributed by atoms with Crippen molar-refractivity contribution in [3.05, 3.63) is 5.82 Å². The first kappa shape index (κ1) is 11.2. The third kappa shape index (κ3) is 2.27. The number of hydrogen-bond acceptors (Lipinski definition) is 5. The SMILES string of the molecule is Cn1nnc(CC(=O)CC2(CN)CCC2)n1. The summed E-state index contributed by atoms with van der Waals surface area (Å²) in [6.07, 6.45) is 4.16. The Balaban J connectivity index is 1.89. The van der Waals surface area contributed by atoms with Gasteiger partial charge in [0.25, 0.3) is 0 Å². The van der Waals surface area contributed by atoms with E-state index >= 15 is 0 Å². The molecule has 1 heterocycles. The highest BCUT2D eigenvalue weighted by Crippen LogP contribution is 2.43. The number of rotatable bonds is 5. The number of ketones is 1. The summed E-state index contributed by atoms with van der Waals surface area (Å²) in [6, 6.07) is 0. The van der Waals surface area contributed by atoms with Crippen molar-refractivity contribution >= 4 is 5.78 Å². The molecule has 1 aromatic heterocycles. The summed E-state index contributed by atoms with van der Waals surface area (Å²) < 4.78 is 0. The van der Waals surface area contributed by atoms with Crippen LogP contribution in [0.4, 0.5) is 0 Å². The molecule has 0 atom stereocenters. The van der Waals surface area contributed by atoms with E-state index in [9.17, 15) is 4.79 Å². The minimum atomic E-state index is 0.0687. The molecule has 1 aliphatic carbocycles.